The number of pyridine rings is 1. The molecule has 0 saturated carbocycles. The van der Waals surface area contributed by atoms with E-state index in [9.17, 15) is 8.42 Å². The number of piperidine rings is 1. The monoisotopic (exact) mass is 276 g/mol. The van der Waals surface area contributed by atoms with Gasteiger partial charge in [0, 0.05) is 25.2 Å². The Morgan fingerprint density at radius 1 is 1.26 bits per heavy atom. The third-order valence-corrected chi connectivity index (χ3v) is 5.01. The van der Waals surface area contributed by atoms with Crippen LogP contribution in [0.15, 0.2) is 23.2 Å². The number of rotatable bonds is 2. The van der Waals surface area contributed by atoms with Gasteiger partial charge in [0.25, 0.3) is 0 Å². The van der Waals surface area contributed by atoms with Crippen LogP contribution in [0.3, 0.4) is 0 Å². The summed E-state index contributed by atoms with van der Waals surface area (Å²) < 4.78 is 26.0. The van der Waals surface area contributed by atoms with Gasteiger partial charge in [-0.05, 0) is 25.0 Å². The first-order valence-electron chi connectivity index (χ1n) is 5.84. The lowest BCUT2D eigenvalue weighted by molar-refractivity contribution is 0.310. The number of nitriles is 2. The third-order valence-electron chi connectivity index (χ3n) is 3.13. The second-order valence-corrected chi connectivity index (χ2v) is 6.24. The van der Waals surface area contributed by atoms with Crippen molar-refractivity contribution >= 4 is 10.0 Å². The molecule has 0 N–H and O–H groups in total. The molecule has 0 amide bonds. The molecule has 1 saturated heterocycles. The molecular weight excluding hydrogens is 264 g/mol. The second-order valence-electron chi connectivity index (χ2n) is 4.30. The topological polar surface area (TPSA) is 97.9 Å². The smallest absolute Gasteiger partial charge is 0.244 e. The molecule has 7 heteroatoms. The number of hydrogen-bond donors (Lipinski definition) is 0. The average Bonchev–Trinajstić information content (AvgIpc) is 2.47. The van der Waals surface area contributed by atoms with Gasteiger partial charge in [-0.2, -0.15) is 14.8 Å². The van der Waals surface area contributed by atoms with Gasteiger partial charge in [-0.3, -0.25) is 0 Å². The Morgan fingerprint density at radius 3 is 2.42 bits per heavy atom. The van der Waals surface area contributed by atoms with Gasteiger partial charge in [-0.1, -0.05) is 0 Å². The minimum absolute atomic E-state index is 0.0643. The van der Waals surface area contributed by atoms with E-state index >= 15 is 0 Å². The molecule has 1 aliphatic rings. The van der Waals surface area contributed by atoms with Gasteiger partial charge in [-0.25, -0.2) is 13.4 Å². The highest BCUT2D eigenvalue weighted by molar-refractivity contribution is 7.89. The molecule has 0 aromatic carbocycles. The van der Waals surface area contributed by atoms with Crippen molar-refractivity contribution in [1.29, 1.82) is 10.5 Å². The highest BCUT2D eigenvalue weighted by Gasteiger charge is 2.29. The fraction of sp³-hybridized carbons (Fsp3) is 0.417. The lowest BCUT2D eigenvalue weighted by Gasteiger charge is -2.28. The van der Waals surface area contributed by atoms with Gasteiger partial charge in [-0.15, -0.1) is 0 Å². The Morgan fingerprint density at radius 2 is 1.95 bits per heavy atom. The molecule has 0 bridgehead atoms. The van der Waals surface area contributed by atoms with Crippen molar-refractivity contribution in [1.82, 2.24) is 9.29 Å². The van der Waals surface area contributed by atoms with E-state index in [1.165, 1.54) is 22.6 Å². The molecule has 1 aromatic rings. The molecule has 1 fully saturated rings. The second kappa shape index (κ2) is 5.35. The molecule has 0 radical (unpaired) electrons. The molecule has 0 atom stereocenters. The third kappa shape index (κ3) is 2.73. The van der Waals surface area contributed by atoms with Crippen molar-refractivity contribution in [2.75, 3.05) is 13.1 Å². The van der Waals surface area contributed by atoms with Gasteiger partial charge in [0.2, 0.25) is 10.0 Å². The Balaban J connectivity index is 2.19. The summed E-state index contributed by atoms with van der Waals surface area (Å²) in [6.07, 6.45) is 2.31. The van der Waals surface area contributed by atoms with E-state index in [1.54, 1.807) is 0 Å². The summed E-state index contributed by atoms with van der Waals surface area (Å²) in [6, 6.07) is 6.77. The van der Waals surface area contributed by atoms with E-state index in [4.69, 9.17) is 10.5 Å². The standard InChI is InChI=1S/C12H12N4O2S/c13-7-10-3-5-16(6-4-10)19(17,18)12-2-1-11(8-14)15-9-12/h1-2,9-10H,3-6H2. The SMILES string of the molecule is N#Cc1ccc(S(=O)(=O)N2CCC(C#N)CC2)cn1. The fourth-order valence-corrected chi connectivity index (χ4v) is 3.39. The molecule has 0 aliphatic carbocycles. The summed E-state index contributed by atoms with van der Waals surface area (Å²) in [7, 11) is -3.57. The van der Waals surface area contributed by atoms with Crippen LogP contribution >= 0.6 is 0 Å². The van der Waals surface area contributed by atoms with Crippen LogP contribution < -0.4 is 0 Å². The zero-order chi connectivity index (χ0) is 13.9. The maximum atomic E-state index is 12.3. The van der Waals surface area contributed by atoms with Crippen LogP contribution in [0.4, 0.5) is 0 Å². The van der Waals surface area contributed by atoms with Gasteiger partial charge in [0.15, 0.2) is 0 Å². The Bertz CT molecular complexity index is 632. The summed E-state index contributed by atoms with van der Waals surface area (Å²) in [5, 5.41) is 17.4. The highest BCUT2D eigenvalue weighted by atomic mass is 32.2. The van der Waals surface area contributed by atoms with Crippen LogP contribution in [0, 0.1) is 28.6 Å². The number of aromatic nitrogens is 1. The zero-order valence-electron chi connectivity index (χ0n) is 10.2. The molecular formula is C12H12N4O2S. The molecule has 1 aliphatic heterocycles. The van der Waals surface area contributed by atoms with Gasteiger partial charge in [0.1, 0.15) is 16.7 Å². The first-order chi connectivity index (χ1) is 9.07. The Kier molecular flexibility index (Phi) is 3.79. The Labute approximate surface area is 112 Å². The predicted octanol–water partition coefficient (Wildman–Crippen LogP) is 0.878. The van der Waals surface area contributed by atoms with Crippen LogP contribution in [-0.2, 0) is 10.0 Å². The first-order valence-corrected chi connectivity index (χ1v) is 7.28. The minimum atomic E-state index is -3.57. The molecule has 19 heavy (non-hydrogen) atoms. The van der Waals surface area contributed by atoms with Crippen molar-refractivity contribution in [3.8, 4) is 12.1 Å². The van der Waals surface area contributed by atoms with Crippen LogP contribution in [0.5, 0.6) is 0 Å². The predicted molar refractivity (Wildman–Crippen MR) is 66.0 cm³/mol. The molecule has 2 rings (SSSR count). The van der Waals surface area contributed by atoms with Crippen molar-refractivity contribution < 1.29 is 8.42 Å². The fourth-order valence-electron chi connectivity index (χ4n) is 1.97. The molecule has 2 heterocycles. The normalized spacial score (nSPS) is 17.6. The molecule has 0 unspecified atom stereocenters. The summed E-state index contributed by atoms with van der Waals surface area (Å²) in [6.45, 7) is 0.696. The minimum Gasteiger partial charge on any atom is -0.244 e. The van der Waals surface area contributed by atoms with E-state index in [-0.39, 0.29) is 16.5 Å². The van der Waals surface area contributed by atoms with Gasteiger partial charge in [0.05, 0.1) is 6.07 Å². The van der Waals surface area contributed by atoms with Crippen molar-refractivity contribution in [2.24, 2.45) is 5.92 Å². The number of nitrogens with zero attached hydrogens (tertiary/aromatic N) is 4. The van der Waals surface area contributed by atoms with Crippen LogP contribution in [0.2, 0.25) is 0 Å². The summed E-state index contributed by atoms with van der Waals surface area (Å²) in [5.41, 5.74) is 0.183. The zero-order valence-corrected chi connectivity index (χ0v) is 11.0. The van der Waals surface area contributed by atoms with Crippen LogP contribution in [0.25, 0.3) is 0 Å². The van der Waals surface area contributed by atoms with Gasteiger partial charge >= 0.3 is 0 Å². The maximum Gasteiger partial charge on any atom is 0.244 e. The first kappa shape index (κ1) is 13.5. The lowest BCUT2D eigenvalue weighted by atomic mass is 10.0. The van der Waals surface area contributed by atoms with Crippen molar-refractivity contribution in [2.45, 2.75) is 17.7 Å². The largest absolute Gasteiger partial charge is 0.244 e. The van der Waals surface area contributed by atoms with Crippen LogP contribution in [0.1, 0.15) is 18.5 Å². The van der Waals surface area contributed by atoms with E-state index in [2.05, 4.69) is 11.1 Å². The highest BCUT2D eigenvalue weighted by Crippen LogP contribution is 2.22. The van der Waals surface area contributed by atoms with E-state index < -0.39 is 10.0 Å². The number of sulfonamides is 1. The summed E-state index contributed by atoms with van der Waals surface area (Å²) in [5.74, 6) is -0.0643. The molecule has 1 aromatic heterocycles. The number of hydrogen-bond acceptors (Lipinski definition) is 5. The lowest BCUT2D eigenvalue weighted by Crippen LogP contribution is -2.38. The average molecular weight is 276 g/mol. The quantitative estimate of drug-likeness (QED) is 0.798. The maximum absolute atomic E-state index is 12.3. The Hall–Kier alpha value is -1.96. The summed E-state index contributed by atoms with van der Waals surface area (Å²) in [4.78, 5) is 3.86. The molecule has 6 nitrogen and oxygen atoms in total. The molecule has 98 valence electrons. The van der Waals surface area contributed by atoms with Crippen molar-refractivity contribution in [3.05, 3.63) is 24.0 Å². The van der Waals surface area contributed by atoms with Crippen LogP contribution in [-0.4, -0.2) is 30.8 Å². The van der Waals surface area contributed by atoms with Gasteiger partial charge < -0.3 is 0 Å². The molecule has 0 spiro atoms. The van der Waals surface area contributed by atoms with E-state index in [0.29, 0.717) is 25.9 Å². The van der Waals surface area contributed by atoms with Crippen molar-refractivity contribution in [3.63, 3.8) is 0 Å². The van der Waals surface area contributed by atoms with E-state index in [1.807, 2.05) is 6.07 Å². The summed E-state index contributed by atoms with van der Waals surface area (Å²) >= 11 is 0. The van der Waals surface area contributed by atoms with E-state index in [0.717, 1.165) is 0 Å².